The molecular weight excluding hydrogens is 440 g/mol. The van der Waals surface area contributed by atoms with Gasteiger partial charge in [-0.15, -0.1) is 11.3 Å². The number of anilines is 1. The van der Waals surface area contributed by atoms with Crippen LogP contribution in [-0.4, -0.2) is 52.3 Å². The van der Waals surface area contributed by atoms with Gasteiger partial charge in [0, 0.05) is 17.5 Å². The van der Waals surface area contributed by atoms with Crippen LogP contribution in [0.4, 0.5) is 5.69 Å². The second kappa shape index (κ2) is 10.1. The van der Waals surface area contributed by atoms with E-state index in [-0.39, 0.29) is 18.5 Å². The molecule has 1 amide bonds. The molecule has 0 aliphatic carbocycles. The molecule has 8 heteroatoms. The second-order valence-electron chi connectivity index (χ2n) is 7.66. The molecule has 1 atom stereocenters. The van der Waals surface area contributed by atoms with E-state index in [0.717, 1.165) is 24.3 Å². The molecule has 4 rings (SSSR count). The highest BCUT2D eigenvalue weighted by Crippen LogP contribution is 2.42. The third-order valence-electron chi connectivity index (χ3n) is 5.82. The summed E-state index contributed by atoms with van der Waals surface area (Å²) in [4.78, 5) is 16.5. The van der Waals surface area contributed by atoms with Crippen LogP contribution in [0.25, 0.3) is 0 Å². The van der Waals surface area contributed by atoms with E-state index < -0.39 is 0 Å². The van der Waals surface area contributed by atoms with Crippen LogP contribution in [-0.2, 0) is 11.2 Å². The molecule has 0 saturated heterocycles. The number of carbonyl (C=O) groups is 1. The topological polar surface area (TPSA) is 69.3 Å². The number of hydrogen-bond acceptors (Lipinski definition) is 7. The number of amides is 1. The minimum Gasteiger partial charge on any atom is -0.497 e. The number of nitrogens with zero attached hydrogens (tertiary/aromatic N) is 1. The van der Waals surface area contributed by atoms with Crippen LogP contribution in [0, 0.1) is 0 Å². The molecule has 7 nitrogen and oxygen atoms in total. The highest BCUT2D eigenvalue weighted by molar-refractivity contribution is 7.10. The summed E-state index contributed by atoms with van der Waals surface area (Å²) in [5.74, 6) is 2.52. The smallest absolute Gasteiger partial charge is 0.238 e. The standard InChI is InChI=1S/C25H28N2O5S/c1-29-17-7-8-19(20(13-17)30-2)26-24(28)15-27-10-9-16-12-21(31-3)22(32-4)14-18(16)25(27)23-6-5-11-33-23/h5-8,11-14,25H,9-10,15H2,1-4H3,(H,26,28). The van der Waals surface area contributed by atoms with E-state index in [0.29, 0.717) is 22.9 Å². The maximum Gasteiger partial charge on any atom is 0.238 e. The molecule has 0 spiro atoms. The summed E-state index contributed by atoms with van der Waals surface area (Å²) >= 11 is 1.68. The molecule has 0 radical (unpaired) electrons. The minimum absolute atomic E-state index is 0.0444. The van der Waals surface area contributed by atoms with Gasteiger partial charge >= 0.3 is 0 Å². The third kappa shape index (κ3) is 4.77. The van der Waals surface area contributed by atoms with E-state index in [1.165, 1.54) is 10.4 Å². The van der Waals surface area contributed by atoms with Gasteiger partial charge in [-0.2, -0.15) is 0 Å². The molecule has 1 unspecified atom stereocenters. The Morgan fingerprint density at radius 2 is 1.76 bits per heavy atom. The molecule has 1 aromatic heterocycles. The van der Waals surface area contributed by atoms with Crippen LogP contribution < -0.4 is 24.3 Å². The predicted molar refractivity (Wildman–Crippen MR) is 129 cm³/mol. The number of fused-ring (bicyclic) bond motifs is 1. The Hall–Kier alpha value is -3.23. The number of ether oxygens (including phenoxy) is 4. The average Bonchev–Trinajstić information content (AvgIpc) is 3.37. The summed E-state index contributed by atoms with van der Waals surface area (Å²) in [6.45, 7) is 0.990. The predicted octanol–water partition coefficient (Wildman–Crippen LogP) is 4.37. The monoisotopic (exact) mass is 468 g/mol. The van der Waals surface area contributed by atoms with E-state index in [1.807, 2.05) is 12.1 Å². The van der Waals surface area contributed by atoms with Gasteiger partial charge in [0.05, 0.1) is 46.7 Å². The Bertz CT molecular complexity index is 1120. The van der Waals surface area contributed by atoms with Crippen molar-refractivity contribution in [3.05, 3.63) is 63.8 Å². The molecule has 3 aromatic rings. The first-order chi connectivity index (χ1) is 16.1. The first kappa shape index (κ1) is 22.9. The van der Waals surface area contributed by atoms with Crippen molar-refractivity contribution >= 4 is 22.9 Å². The minimum atomic E-state index is -0.107. The Labute approximate surface area is 197 Å². The molecule has 1 aliphatic heterocycles. The fourth-order valence-electron chi connectivity index (χ4n) is 4.22. The lowest BCUT2D eigenvalue weighted by atomic mass is 9.91. The van der Waals surface area contributed by atoms with Crippen molar-refractivity contribution < 1.29 is 23.7 Å². The van der Waals surface area contributed by atoms with Gasteiger partial charge in [0.25, 0.3) is 0 Å². The second-order valence-corrected chi connectivity index (χ2v) is 8.64. The first-order valence-electron chi connectivity index (χ1n) is 10.6. The van der Waals surface area contributed by atoms with Gasteiger partial charge < -0.3 is 24.3 Å². The highest BCUT2D eigenvalue weighted by Gasteiger charge is 2.32. The summed E-state index contributed by atoms with van der Waals surface area (Å²) in [6.07, 6.45) is 0.816. The van der Waals surface area contributed by atoms with Crippen molar-refractivity contribution in [1.82, 2.24) is 4.90 Å². The van der Waals surface area contributed by atoms with Gasteiger partial charge in [-0.05, 0) is 53.3 Å². The van der Waals surface area contributed by atoms with Crippen molar-refractivity contribution in [3.8, 4) is 23.0 Å². The van der Waals surface area contributed by atoms with Crippen LogP contribution in [0.15, 0.2) is 47.8 Å². The van der Waals surface area contributed by atoms with Crippen LogP contribution in [0.2, 0.25) is 0 Å². The number of rotatable bonds is 8. The van der Waals surface area contributed by atoms with E-state index in [2.05, 4.69) is 27.7 Å². The van der Waals surface area contributed by atoms with Gasteiger partial charge in [0.1, 0.15) is 11.5 Å². The van der Waals surface area contributed by atoms with E-state index in [4.69, 9.17) is 18.9 Å². The summed E-state index contributed by atoms with van der Waals surface area (Å²) in [7, 11) is 6.45. The van der Waals surface area contributed by atoms with Crippen molar-refractivity contribution in [2.24, 2.45) is 0 Å². The van der Waals surface area contributed by atoms with Gasteiger partial charge in [0.2, 0.25) is 5.91 Å². The van der Waals surface area contributed by atoms with E-state index in [1.54, 1.807) is 58.0 Å². The molecule has 0 fully saturated rings. The molecular formula is C25H28N2O5S. The van der Waals surface area contributed by atoms with Crippen LogP contribution in [0.1, 0.15) is 22.0 Å². The molecule has 0 saturated carbocycles. The van der Waals surface area contributed by atoms with Gasteiger partial charge in [-0.1, -0.05) is 6.07 Å². The number of benzene rings is 2. The van der Waals surface area contributed by atoms with E-state index in [9.17, 15) is 4.79 Å². The highest BCUT2D eigenvalue weighted by atomic mass is 32.1. The van der Waals surface area contributed by atoms with Gasteiger partial charge in [0.15, 0.2) is 11.5 Å². The number of thiophene rings is 1. The number of hydrogen-bond donors (Lipinski definition) is 1. The Kier molecular flexibility index (Phi) is 7.05. The Morgan fingerprint density at radius 3 is 2.42 bits per heavy atom. The largest absolute Gasteiger partial charge is 0.497 e. The number of carbonyl (C=O) groups excluding carboxylic acids is 1. The Morgan fingerprint density at radius 1 is 1.00 bits per heavy atom. The fraction of sp³-hybridized carbons (Fsp3) is 0.320. The average molecular weight is 469 g/mol. The van der Waals surface area contributed by atoms with Gasteiger partial charge in [-0.3, -0.25) is 9.69 Å². The molecule has 2 heterocycles. The summed E-state index contributed by atoms with van der Waals surface area (Å²) < 4.78 is 21.7. The van der Waals surface area contributed by atoms with Gasteiger partial charge in [-0.25, -0.2) is 0 Å². The zero-order valence-corrected chi connectivity index (χ0v) is 20.0. The number of nitrogens with one attached hydrogen (secondary N) is 1. The molecule has 0 bridgehead atoms. The SMILES string of the molecule is COc1ccc(NC(=O)CN2CCc3cc(OC)c(OC)cc3C2c2cccs2)c(OC)c1. The van der Waals surface area contributed by atoms with Crippen molar-refractivity contribution in [2.45, 2.75) is 12.5 Å². The summed E-state index contributed by atoms with van der Waals surface area (Å²) in [5.41, 5.74) is 2.95. The summed E-state index contributed by atoms with van der Waals surface area (Å²) in [5, 5.41) is 5.05. The van der Waals surface area contributed by atoms with Crippen molar-refractivity contribution in [2.75, 3.05) is 46.8 Å². The lowest BCUT2D eigenvalue weighted by Crippen LogP contribution is -2.41. The maximum atomic E-state index is 13.1. The quantitative estimate of drug-likeness (QED) is 0.530. The van der Waals surface area contributed by atoms with Crippen LogP contribution in [0.3, 0.4) is 0 Å². The Balaban J connectivity index is 1.61. The zero-order chi connectivity index (χ0) is 23.4. The molecule has 33 heavy (non-hydrogen) atoms. The fourth-order valence-corrected chi connectivity index (χ4v) is 5.10. The molecule has 174 valence electrons. The van der Waals surface area contributed by atoms with Crippen molar-refractivity contribution in [3.63, 3.8) is 0 Å². The maximum absolute atomic E-state index is 13.1. The zero-order valence-electron chi connectivity index (χ0n) is 19.2. The number of methoxy groups -OCH3 is 4. The van der Waals surface area contributed by atoms with Crippen LogP contribution >= 0.6 is 11.3 Å². The first-order valence-corrected chi connectivity index (χ1v) is 11.5. The van der Waals surface area contributed by atoms with Crippen molar-refractivity contribution in [1.29, 1.82) is 0 Å². The molecule has 1 aliphatic rings. The van der Waals surface area contributed by atoms with Crippen LogP contribution in [0.5, 0.6) is 23.0 Å². The summed E-state index contributed by atoms with van der Waals surface area (Å²) in [6, 6.07) is 13.5. The normalized spacial score (nSPS) is 15.5. The lowest BCUT2D eigenvalue weighted by molar-refractivity contribution is -0.117. The molecule has 1 N–H and O–H groups in total. The van der Waals surface area contributed by atoms with E-state index >= 15 is 0 Å². The molecule has 2 aromatic carbocycles. The lowest BCUT2D eigenvalue weighted by Gasteiger charge is -2.37. The third-order valence-corrected chi connectivity index (χ3v) is 6.74.